The second-order valence-corrected chi connectivity index (χ2v) is 5.73. The number of rotatable bonds is 3. The molecule has 0 amide bonds. The van der Waals surface area contributed by atoms with Gasteiger partial charge in [-0.2, -0.15) is 0 Å². The zero-order chi connectivity index (χ0) is 15.0. The van der Waals surface area contributed by atoms with Gasteiger partial charge in [0.05, 0.1) is 18.1 Å². The van der Waals surface area contributed by atoms with Crippen LogP contribution in [0.2, 0.25) is 0 Å². The van der Waals surface area contributed by atoms with Crippen molar-refractivity contribution in [1.82, 2.24) is 9.55 Å². The molecule has 1 N–H and O–H groups in total. The molecule has 3 rings (SSSR count). The lowest BCUT2D eigenvalue weighted by atomic mass is 10.2. The van der Waals surface area contributed by atoms with Crippen molar-refractivity contribution in [2.24, 2.45) is 0 Å². The monoisotopic (exact) mass is 320 g/mol. The molecule has 0 bridgehead atoms. The molecule has 0 saturated heterocycles. The number of halogens is 1. The zero-order valence-corrected chi connectivity index (χ0v) is 13.1. The molecular weight excluding hydrogens is 307 g/mol. The highest BCUT2D eigenvalue weighted by Gasteiger charge is 2.11. The average Bonchev–Trinajstić information content (AvgIpc) is 2.81. The van der Waals surface area contributed by atoms with Gasteiger partial charge in [-0.15, -0.1) is 11.8 Å². The Bertz CT molecular complexity index is 852. The summed E-state index contributed by atoms with van der Waals surface area (Å²) < 4.78 is 21.2. The molecule has 0 unspecified atom stereocenters. The summed E-state index contributed by atoms with van der Waals surface area (Å²) in [6.07, 6.45) is 2.03. The van der Waals surface area contributed by atoms with Crippen molar-refractivity contribution < 1.29 is 9.13 Å². The standard InChI is InChI=1S/C15H13FN2OS2/c1-19-14-8-13-12(7-11(14)16)17-15(20)18(13)9-3-5-10(21-2)6-4-9/h3-8H,1-2H3,(H,17,20). The lowest BCUT2D eigenvalue weighted by Crippen LogP contribution is -1.95. The van der Waals surface area contributed by atoms with Crippen molar-refractivity contribution in [3.05, 3.63) is 47.0 Å². The average molecular weight is 320 g/mol. The number of imidazole rings is 1. The van der Waals surface area contributed by atoms with Crippen molar-refractivity contribution in [2.45, 2.75) is 4.90 Å². The molecule has 0 aliphatic carbocycles. The van der Waals surface area contributed by atoms with Gasteiger partial charge >= 0.3 is 0 Å². The van der Waals surface area contributed by atoms with Gasteiger partial charge in [0, 0.05) is 22.7 Å². The molecule has 1 heterocycles. The Morgan fingerprint density at radius 1 is 1.24 bits per heavy atom. The lowest BCUT2D eigenvalue weighted by Gasteiger charge is -2.07. The molecule has 2 aromatic carbocycles. The topological polar surface area (TPSA) is 29.9 Å². The molecule has 1 aromatic heterocycles. The van der Waals surface area contributed by atoms with Crippen LogP contribution >= 0.6 is 24.0 Å². The fourth-order valence-electron chi connectivity index (χ4n) is 2.25. The van der Waals surface area contributed by atoms with Gasteiger partial charge in [-0.3, -0.25) is 4.57 Å². The van der Waals surface area contributed by atoms with Crippen molar-refractivity contribution >= 4 is 35.0 Å². The summed E-state index contributed by atoms with van der Waals surface area (Å²) in [6.45, 7) is 0. The second kappa shape index (κ2) is 5.54. The van der Waals surface area contributed by atoms with Gasteiger partial charge in [-0.05, 0) is 42.7 Å². The minimum absolute atomic E-state index is 0.200. The number of thioether (sulfide) groups is 1. The van der Waals surface area contributed by atoms with Gasteiger partial charge in [-0.1, -0.05) is 0 Å². The number of nitrogens with one attached hydrogen (secondary N) is 1. The summed E-state index contributed by atoms with van der Waals surface area (Å²) in [7, 11) is 1.45. The molecule has 21 heavy (non-hydrogen) atoms. The van der Waals surface area contributed by atoms with Crippen LogP contribution in [-0.4, -0.2) is 22.9 Å². The van der Waals surface area contributed by atoms with Crippen molar-refractivity contribution in [1.29, 1.82) is 0 Å². The summed E-state index contributed by atoms with van der Waals surface area (Å²) in [4.78, 5) is 4.20. The lowest BCUT2D eigenvalue weighted by molar-refractivity contribution is 0.387. The van der Waals surface area contributed by atoms with E-state index in [1.807, 2.05) is 35.1 Å². The quantitative estimate of drug-likeness (QED) is 0.567. The fourth-order valence-corrected chi connectivity index (χ4v) is 2.97. The van der Waals surface area contributed by atoms with Crippen LogP contribution in [-0.2, 0) is 0 Å². The number of ether oxygens (including phenoxy) is 1. The Labute approximate surface area is 130 Å². The first-order chi connectivity index (χ1) is 10.1. The Hall–Kier alpha value is -1.79. The molecule has 108 valence electrons. The third-order valence-electron chi connectivity index (χ3n) is 3.29. The van der Waals surface area contributed by atoms with E-state index in [1.54, 1.807) is 17.8 Å². The van der Waals surface area contributed by atoms with Gasteiger partial charge in [-0.25, -0.2) is 4.39 Å². The second-order valence-electron chi connectivity index (χ2n) is 4.47. The molecule has 0 atom stereocenters. The van der Waals surface area contributed by atoms with Crippen LogP contribution in [0.1, 0.15) is 0 Å². The number of nitrogens with zero attached hydrogens (tertiary/aromatic N) is 1. The highest BCUT2D eigenvalue weighted by molar-refractivity contribution is 7.98. The number of H-pyrrole nitrogens is 1. The molecule has 0 saturated carbocycles. The molecule has 0 fully saturated rings. The molecular formula is C15H13FN2OS2. The Kier molecular flexibility index (Phi) is 3.73. The van der Waals surface area contributed by atoms with Crippen LogP contribution in [0, 0.1) is 10.6 Å². The first-order valence-corrected chi connectivity index (χ1v) is 7.90. The van der Waals surface area contributed by atoms with Crippen LogP contribution < -0.4 is 4.74 Å². The summed E-state index contributed by atoms with van der Waals surface area (Å²) >= 11 is 7.04. The van der Waals surface area contributed by atoms with E-state index in [2.05, 4.69) is 4.98 Å². The van der Waals surface area contributed by atoms with Gasteiger partial charge in [0.15, 0.2) is 16.3 Å². The molecule has 0 aliphatic heterocycles. The summed E-state index contributed by atoms with van der Waals surface area (Å²) in [5, 5.41) is 0. The number of aromatic amines is 1. The zero-order valence-electron chi connectivity index (χ0n) is 11.5. The van der Waals surface area contributed by atoms with E-state index in [0.717, 1.165) is 11.2 Å². The fraction of sp³-hybridized carbons (Fsp3) is 0.133. The smallest absolute Gasteiger partial charge is 0.182 e. The molecule has 0 aliphatic rings. The Morgan fingerprint density at radius 3 is 2.57 bits per heavy atom. The van der Waals surface area contributed by atoms with Crippen molar-refractivity contribution in [2.75, 3.05) is 13.4 Å². The number of hydrogen-bond acceptors (Lipinski definition) is 3. The van der Waals surface area contributed by atoms with Crippen LogP contribution in [0.3, 0.4) is 0 Å². The van der Waals surface area contributed by atoms with Crippen LogP contribution in [0.5, 0.6) is 5.75 Å². The van der Waals surface area contributed by atoms with E-state index in [0.29, 0.717) is 10.3 Å². The maximum Gasteiger partial charge on any atom is 0.182 e. The summed E-state index contributed by atoms with van der Waals surface area (Å²) in [5.74, 6) is -0.211. The molecule has 3 aromatic rings. The molecule has 0 radical (unpaired) electrons. The number of hydrogen-bond donors (Lipinski definition) is 1. The van der Waals surface area contributed by atoms with Crippen LogP contribution in [0.4, 0.5) is 4.39 Å². The molecule has 0 spiro atoms. The minimum atomic E-state index is -0.411. The van der Waals surface area contributed by atoms with E-state index >= 15 is 0 Å². The van der Waals surface area contributed by atoms with Crippen molar-refractivity contribution in [3.8, 4) is 11.4 Å². The molecule has 3 nitrogen and oxygen atoms in total. The predicted molar refractivity (Wildman–Crippen MR) is 86.8 cm³/mol. The molecule has 6 heteroatoms. The maximum absolute atomic E-state index is 13.8. The first kappa shape index (κ1) is 14.2. The third-order valence-corrected chi connectivity index (χ3v) is 4.31. The van der Waals surface area contributed by atoms with Crippen molar-refractivity contribution in [3.63, 3.8) is 0 Å². The summed E-state index contributed by atoms with van der Waals surface area (Å²) in [6, 6.07) is 11.1. The minimum Gasteiger partial charge on any atom is -0.494 e. The highest BCUT2D eigenvalue weighted by Crippen LogP contribution is 2.27. The summed E-state index contributed by atoms with van der Waals surface area (Å²) in [5.41, 5.74) is 2.36. The number of fused-ring (bicyclic) bond motifs is 1. The third kappa shape index (κ3) is 2.45. The SMILES string of the molecule is COc1cc2c(cc1F)[nH]c(=S)n2-c1ccc(SC)cc1. The van der Waals surface area contributed by atoms with E-state index in [4.69, 9.17) is 17.0 Å². The predicted octanol–water partition coefficient (Wildman–Crippen LogP) is 4.56. The Balaban J connectivity index is 2.25. The number of benzene rings is 2. The van der Waals surface area contributed by atoms with E-state index in [9.17, 15) is 4.39 Å². The maximum atomic E-state index is 13.8. The van der Waals surface area contributed by atoms with Gasteiger partial charge in [0.2, 0.25) is 0 Å². The van der Waals surface area contributed by atoms with Crippen LogP contribution in [0.25, 0.3) is 16.7 Å². The van der Waals surface area contributed by atoms with E-state index in [-0.39, 0.29) is 5.75 Å². The van der Waals surface area contributed by atoms with Gasteiger partial charge < -0.3 is 9.72 Å². The first-order valence-electron chi connectivity index (χ1n) is 6.26. The van der Waals surface area contributed by atoms with Crippen LogP contribution in [0.15, 0.2) is 41.3 Å². The largest absolute Gasteiger partial charge is 0.494 e. The number of methoxy groups -OCH3 is 1. The number of aromatic nitrogens is 2. The Morgan fingerprint density at radius 2 is 1.95 bits per heavy atom. The normalized spacial score (nSPS) is 11.0. The van der Waals surface area contributed by atoms with E-state index < -0.39 is 5.82 Å². The van der Waals surface area contributed by atoms with Gasteiger partial charge in [0.1, 0.15) is 0 Å². The highest BCUT2D eigenvalue weighted by atomic mass is 32.2. The van der Waals surface area contributed by atoms with E-state index in [1.165, 1.54) is 18.1 Å². The van der Waals surface area contributed by atoms with Gasteiger partial charge in [0.25, 0.3) is 0 Å².